The minimum absolute atomic E-state index is 0.199. The molecule has 3 aromatic heterocycles. The van der Waals surface area contributed by atoms with Gasteiger partial charge in [0.25, 0.3) is 5.91 Å². The van der Waals surface area contributed by atoms with Crippen molar-refractivity contribution in [2.24, 2.45) is 5.92 Å². The number of aromatic amines is 1. The number of imidazole rings is 1. The van der Waals surface area contributed by atoms with Crippen LogP contribution in [0.15, 0.2) is 65.3 Å². The van der Waals surface area contributed by atoms with Gasteiger partial charge in [-0.05, 0) is 67.2 Å². The van der Waals surface area contributed by atoms with Crippen LogP contribution in [0.4, 0.5) is 5.82 Å². The third kappa shape index (κ3) is 5.06. The Morgan fingerprint density at radius 2 is 2.05 bits per heavy atom. The number of ketones is 1. The van der Waals surface area contributed by atoms with E-state index >= 15 is 0 Å². The van der Waals surface area contributed by atoms with Crippen LogP contribution in [0.25, 0.3) is 28.9 Å². The zero-order valence-corrected chi connectivity index (χ0v) is 24.6. The van der Waals surface area contributed by atoms with Crippen molar-refractivity contribution in [1.29, 1.82) is 0 Å². The quantitative estimate of drug-likeness (QED) is 0.160. The molecule has 41 heavy (non-hydrogen) atoms. The summed E-state index contributed by atoms with van der Waals surface area (Å²) in [5, 5.41) is 5.91. The molecule has 0 spiro atoms. The van der Waals surface area contributed by atoms with E-state index < -0.39 is 0 Å². The van der Waals surface area contributed by atoms with Gasteiger partial charge < -0.3 is 10.7 Å². The summed E-state index contributed by atoms with van der Waals surface area (Å²) in [6, 6.07) is 7.51. The molecule has 208 valence electrons. The second-order valence-corrected chi connectivity index (χ2v) is 11.9. The average molecular weight is 612 g/mol. The smallest absolute Gasteiger partial charge is 0.258 e. The minimum atomic E-state index is -0.377. The van der Waals surface area contributed by atoms with E-state index in [9.17, 15) is 9.59 Å². The Morgan fingerprint density at radius 1 is 1.24 bits per heavy atom. The van der Waals surface area contributed by atoms with E-state index in [1.807, 2.05) is 50.3 Å². The molecule has 0 atom stereocenters. The van der Waals surface area contributed by atoms with Gasteiger partial charge in [0, 0.05) is 16.0 Å². The first-order chi connectivity index (χ1) is 19.7. The summed E-state index contributed by atoms with van der Waals surface area (Å²) in [5.74, 6) is 1.30. The largest absolute Gasteiger partial charge is 0.383 e. The number of nitrogens with zero attached hydrogens (tertiary/aromatic N) is 4. The maximum atomic E-state index is 14.1. The maximum absolute atomic E-state index is 14.1. The fourth-order valence-corrected chi connectivity index (χ4v) is 5.66. The standard InChI is InChI=1S/C32H31BrN6O2/c1-4-6-21(13-18(2)3)32(41)38-27-15-22(33)8-5-7-20(27)14-28(38)29(40)24-17-35-39(30(24)34)23-11-12-25-26(16-23)37-31(36-25)19-9-10-19/h4,6-8,11-12,14-19H,1,5,9-10,13,34H2,2-3H3,(H,36,37)/b21-6+. The summed E-state index contributed by atoms with van der Waals surface area (Å²) in [5.41, 5.74) is 10.1. The first kappa shape index (κ1) is 27.0. The number of nitrogen functional groups attached to an aromatic ring is 1. The monoisotopic (exact) mass is 610 g/mol. The molecule has 1 saturated carbocycles. The lowest BCUT2D eigenvalue weighted by Crippen LogP contribution is -2.35. The van der Waals surface area contributed by atoms with Gasteiger partial charge in [0.1, 0.15) is 11.6 Å². The van der Waals surface area contributed by atoms with Crippen molar-refractivity contribution in [2.75, 3.05) is 5.73 Å². The summed E-state index contributed by atoms with van der Waals surface area (Å²) in [4.78, 5) is 36.2. The van der Waals surface area contributed by atoms with Crippen LogP contribution < -0.4 is 16.3 Å². The molecule has 3 heterocycles. The van der Waals surface area contributed by atoms with E-state index in [0.717, 1.165) is 39.4 Å². The summed E-state index contributed by atoms with van der Waals surface area (Å²) < 4.78 is 3.88. The zero-order chi connectivity index (χ0) is 28.8. The molecule has 1 aromatic carbocycles. The summed E-state index contributed by atoms with van der Waals surface area (Å²) >= 11 is 3.57. The highest BCUT2D eigenvalue weighted by Crippen LogP contribution is 2.39. The van der Waals surface area contributed by atoms with Crippen molar-refractivity contribution in [3.63, 3.8) is 0 Å². The van der Waals surface area contributed by atoms with Crippen molar-refractivity contribution in [1.82, 2.24) is 24.3 Å². The molecule has 0 aliphatic heterocycles. The Bertz CT molecular complexity index is 1910. The fourth-order valence-electron chi connectivity index (χ4n) is 5.26. The number of allylic oxidation sites excluding steroid dienone is 5. The van der Waals surface area contributed by atoms with Gasteiger partial charge in [-0.15, -0.1) is 0 Å². The van der Waals surface area contributed by atoms with Crippen LogP contribution in [-0.4, -0.2) is 36.0 Å². The highest BCUT2D eigenvalue weighted by atomic mass is 79.9. The van der Waals surface area contributed by atoms with Gasteiger partial charge >= 0.3 is 0 Å². The third-order valence-corrected chi connectivity index (χ3v) is 7.95. The number of anilines is 1. The Hall–Kier alpha value is -4.24. The number of fused-ring (bicyclic) bond motifs is 2. The van der Waals surface area contributed by atoms with Crippen LogP contribution in [0, 0.1) is 5.92 Å². The molecule has 1 fully saturated rings. The number of H-pyrrole nitrogens is 1. The third-order valence-electron chi connectivity index (χ3n) is 7.40. The molecule has 6 rings (SSSR count). The number of halogens is 1. The maximum Gasteiger partial charge on any atom is 0.258 e. The molecular formula is C32H31BrN6O2. The lowest BCUT2D eigenvalue weighted by Gasteiger charge is -2.13. The van der Waals surface area contributed by atoms with E-state index in [-0.39, 0.29) is 34.7 Å². The molecule has 2 aliphatic rings. The van der Waals surface area contributed by atoms with E-state index in [0.29, 0.717) is 35.4 Å². The van der Waals surface area contributed by atoms with Gasteiger partial charge in [-0.25, -0.2) is 9.67 Å². The molecule has 0 radical (unpaired) electrons. The van der Waals surface area contributed by atoms with Crippen LogP contribution in [0.5, 0.6) is 0 Å². The SMILES string of the molecule is C=C/C=C(\CC(C)C)C(=O)n1c(C(=O)c2cnn(-c3ccc4nc(C5CC5)[nH]c4c3)c2N)cc2c1=CC(Br)=CCC=2. The van der Waals surface area contributed by atoms with Crippen molar-refractivity contribution in [3.8, 4) is 5.69 Å². The predicted molar refractivity (Wildman–Crippen MR) is 166 cm³/mol. The molecule has 3 N–H and O–H groups in total. The number of carbonyl (C=O) groups is 2. The highest BCUT2D eigenvalue weighted by molar-refractivity contribution is 9.12. The molecule has 2 aliphatic carbocycles. The average Bonchev–Trinajstić information content (AvgIpc) is 3.51. The van der Waals surface area contributed by atoms with Crippen molar-refractivity contribution in [3.05, 3.63) is 93.0 Å². The van der Waals surface area contributed by atoms with Crippen molar-refractivity contribution >= 4 is 56.6 Å². The predicted octanol–water partition coefficient (Wildman–Crippen LogP) is 5.28. The minimum Gasteiger partial charge on any atom is -0.383 e. The van der Waals surface area contributed by atoms with E-state index in [4.69, 9.17) is 10.7 Å². The Balaban J connectivity index is 1.44. The number of carbonyl (C=O) groups excluding carboxylic acids is 2. The highest BCUT2D eigenvalue weighted by Gasteiger charge is 2.28. The van der Waals surface area contributed by atoms with E-state index in [1.165, 1.54) is 10.8 Å². The van der Waals surface area contributed by atoms with Gasteiger partial charge in [0.05, 0.1) is 39.5 Å². The van der Waals surface area contributed by atoms with E-state index in [2.05, 4.69) is 32.6 Å². The van der Waals surface area contributed by atoms with Gasteiger partial charge in [-0.3, -0.25) is 14.2 Å². The Morgan fingerprint density at radius 3 is 2.78 bits per heavy atom. The summed E-state index contributed by atoms with van der Waals surface area (Å²) in [6.07, 6.45) is 14.2. The molecule has 9 heteroatoms. The topological polar surface area (TPSA) is 112 Å². The van der Waals surface area contributed by atoms with Crippen LogP contribution in [0.2, 0.25) is 0 Å². The first-order valence-corrected chi connectivity index (χ1v) is 14.6. The number of nitrogens with two attached hydrogens (primary N) is 1. The number of nitrogens with one attached hydrogen (secondary N) is 1. The second-order valence-electron chi connectivity index (χ2n) is 11.0. The summed E-state index contributed by atoms with van der Waals surface area (Å²) in [7, 11) is 0. The Labute approximate surface area is 245 Å². The molecule has 0 amide bonds. The van der Waals surface area contributed by atoms with Crippen LogP contribution in [-0.2, 0) is 0 Å². The Kier molecular flexibility index (Phi) is 6.99. The number of benzene rings is 1. The van der Waals surface area contributed by atoms with E-state index in [1.54, 1.807) is 22.9 Å². The summed E-state index contributed by atoms with van der Waals surface area (Å²) in [6.45, 7) is 7.90. The fraction of sp³-hybridized carbons (Fsp3) is 0.250. The number of rotatable bonds is 8. The number of hydrogen-bond acceptors (Lipinski definition) is 5. The normalized spacial score (nSPS) is 15.2. The number of hydrogen-bond donors (Lipinski definition) is 2. The van der Waals surface area contributed by atoms with Gasteiger partial charge in [-0.2, -0.15) is 5.10 Å². The van der Waals surface area contributed by atoms with Gasteiger partial charge in [0.2, 0.25) is 5.78 Å². The van der Waals surface area contributed by atoms with Crippen molar-refractivity contribution < 1.29 is 9.59 Å². The van der Waals surface area contributed by atoms with Gasteiger partial charge in [-0.1, -0.05) is 60.7 Å². The molecule has 4 aromatic rings. The molecule has 0 bridgehead atoms. The molecule has 0 saturated heterocycles. The van der Waals surface area contributed by atoms with Gasteiger partial charge in [0.15, 0.2) is 0 Å². The first-order valence-electron chi connectivity index (χ1n) is 13.8. The molecule has 0 unspecified atom stereocenters. The lowest BCUT2D eigenvalue weighted by molar-refractivity contribution is 0.0922. The molecule has 8 nitrogen and oxygen atoms in total. The van der Waals surface area contributed by atoms with Crippen LogP contribution in [0.3, 0.4) is 0 Å². The molecular weight excluding hydrogens is 580 g/mol. The van der Waals surface area contributed by atoms with Crippen LogP contribution >= 0.6 is 15.9 Å². The van der Waals surface area contributed by atoms with Crippen LogP contribution in [0.1, 0.15) is 72.1 Å². The van der Waals surface area contributed by atoms with Crippen molar-refractivity contribution in [2.45, 2.75) is 45.4 Å². The zero-order valence-electron chi connectivity index (χ0n) is 23.0. The lowest BCUT2D eigenvalue weighted by atomic mass is 10.0. The second kappa shape index (κ2) is 10.6. The number of aromatic nitrogens is 5.